The number of hydrogen-bond donors (Lipinski definition) is 1. The van der Waals surface area contributed by atoms with E-state index >= 15 is 0 Å². The summed E-state index contributed by atoms with van der Waals surface area (Å²) >= 11 is 0. The average molecular weight is 450 g/mol. The highest BCUT2D eigenvalue weighted by Crippen LogP contribution is 2.54. The van der Waals surface area contributed by atoms with Crippen molar-refractivity contribution in [3.63, 3.8) is 0 Å². The van der Waals surface area contributed by atoms with Gasteiger partial charge in [-0.2, -0.15) is 0 Å². The fourth-order valence-corrected chi connectivity index (χ4v) is 7.85. The minimum atomic E-state index is -1.97. The van der Waals surface area contributed by atoms with Crippen molar-refractivity contribution in [2.24, 2.45) is 4.99 Å². The summed E-state index contributed by atoms with van der Waals surface area (Å²) in [6.45, 7) is 0. The number of hydrogen-bond acceptors (Lipinski definition) is 2. The summed E-state index contributed by atoms with van der Waals surface area (Å²) in [6.07, 6.45) is 5.51. The largest absolute Gasteiger partial charge is 0.478 e. The third kappa shape index (κ3) is 5.34. The van der Waals surface area contributed by atoms with Crippen LogP contribution in [0.25, 0.3) is 6.08 Å². The van der Waals surface area contributed by atoms with Gasteiger partial charge in [0.15, 0.2) is 0 Å². The smallest absolute Gasteiger partial charge is 0.328 e. The monoisotopic (exact) mass is 450 g/mol. The highest BCUT2D eigenvalue weighted by atomic mass is 31.2. The second-order valence-electron chi connectivity index (χ2n) is 7.58. The van der Waals surface area contributed by atoms with E-state index in [2.05, 4.69) is 91.0 Å². The lowest BCUT2D eigenvalue weighted by Crippen LogP contribution is -2.33. The average Bonchev–Trinajstić information content (AvgIpc) is 2.87. The molecule has 0 amide bonds. The summed E-state index contributed by atoms with van der Waals surface area (Å²) in [7, 11) is -1.97. The molecule has 0 bridgehead atoms. The molecule has 0 atom stereocenters. The number of aliphatic carboxylic acids is 1. The molecule has 0 aliphatic rings. The van der Waals surface area contributed by atoms with Gasteiger partial charge in [-0.15, -0.1) is 0 Å². The highest BCUT2D eigenvalue weighted by Gasteiger charge is 2.44. The Morgan fingerprint density at radius 1 is 0.727 bits per heavy atom. The SMILES string of the molecule is O=C(O)/C=C/c1cccc(N=CC[P+](c2ccccc2)(c2ccccc2)c2ccccc2)c1. The van der Waals surface area contributed by atoms with Gasteiger partial charge in [0.05, 0.1) is 5.69 Å². The van der Waals surface area contributed by atoms with E-state index in [4.69, 9.17) is 10.1 Å². The maximum absolute atomic E-state index is 10.8. The lowest BCUT2D eigenvalue weighted by molar-refractivity contribution is -0.131. The summed E-state index contributed by atoms with van der Waals surface area (Å²) in [5, 5.41) is 12.8. The van der Waals surface area contributed by atoms with Gasteiger partial charge >= 0.3 is 5.97 Å². The zero-order valence-electron chi connectivity index (χ0n) is 18.2. The molecule has 0 heterocycles. The van der Waals surface area contributed by atoms with Crippen molar-refractivity contribution in [2.75, 3.05) is 6.16 Å². The Balaban J connectivity index is 1.77. The number of carbonyl (C=O) groups is 1. The van der Waals surface area contributed by atoms with Crippen molar-refractivity contribution in [2.45, 2.75) is 0 Å². The zero-order chi connectivity index (χ0) is 22.9. The normalized spacial score (nSPS) is 11.8. The summed E-state index contributed by atoms with van der Waals surface area (Å²) in [5.41, 5.74) is 1.61. The van der Waals surface area contributed by atoms with Gasteiger partial charge < -0.3 is 5.11 Å². The summed E-state index contributed by atoms with van der Waals surface area (Å²) in [6, 6.07) is 39.7. The molecule has 4 aromatic rings. The van der Waals surface area contributed by atoms with Crippen LogP contribution in [0, 0.1) is 0 Å². The number of aliphatic imine (C=N–C) groups is 1. The molecule has 4 rings (SSSR count). The lowest BCUT2D eigenvalue weighted by atomic mass is 10.2. The Morgan fingerprint density at radius 3 is 1.73 bits per heavy atom. The van der Waals surface area contributed by atoms with Gasteiger partial charge in [0.1, 0.15) is 29.3 Å². The molecular weight excluding hydrogens is 425 g/mol. The number of carboxylic acid groups (broad SMARTS) is 1. The summed E-state index contributed by atoms with van der Waals surface area (Å²) < 4.78 is 0. The minimum Gasteiger partial charge on any atom is -0.478 e. The maximum Gasteiger partial charge on any atom is 0.328 e. The molecule has 4 heteroatoms. The van der Waals surface area contributed by atoms with Gasteiger partial charge in [-0.1, -0.05) is 66.7 Å². The molecule has 162 valence electrons. The Labute approximate surface area is 195 Å². The van der Waals surface area contributed by atoms with Gasteiger partial charge in [0.25, 0.3) is 0 Å². The van der Waals surface area contributed by atoms with E-state index in [9.17, 15) is 4.79 Å². The van der Waals surface area contributed by atoms with Crippen molar-refractivity contribution >= 4 is 47.1 Å². The number of rotatable bonds is 8. The molecule has 0 aromatic heterocycles. The van der Waals surface area contributed by atoms with Gasteiger partial charge in [0, 0.05) is 12.3 Å². The van der Waals surface area contributed by atoms with Gasteiger partial charge in [0.2, 0.25) is 0 Å². The van der Waals surface area contributed by atoms with Crippen LogP contribution in [0.5, 0.6) is 0 Å². The molecule has 0 unspecified atom stereocenters. The van der Waals surface area contributed by atoms with Gasteiger partial charge in [-0.25, -0.2) is 4.79 Å². The lowest BCUT2D eigenvalue weighted by Gasteiger charge is -2.26. The molecule has 3 nitrogen and oxygen atoms in total. The Bertz CT molecular complexity index is 1160. The van der Waals surface area contributed by atoms with E-state index in [1.54, 1.807) is 6.08 Å². The van der Waals surface area contributed by atoms with E-state index in [0.717, 1.165) is 23.5 Å². The summed E-state index contributed by atoms with van der Waals surface area (Å²) in [4.78, 5) is 15.6. The first-order valence-electron chi connectivity index (χ1n) is 10.8. The van der Waals surface area contributed by atoms with Crippen molar-refractivity contribution in [1.29, 1.82) is 0 Å². The number of nitrogens with zero attached hydrogens (tertiary/aromatic N) is 1. The molecule has 0 fully saturated rings. The van der Waals surface area contributed by atoms with E-state index in [1.165, 1.54) is 15.9 Å². The van der Waals surface area contributed by atoms with Gasteiger partial charge in [-0.3, -0.25) is 4.99 Å². The predicted molar refractivity (Wildman–Crippen MR) is 141 cm³/mol. The van der Waals surface area contributed by atoms with Crippen LogP contribution in [0.3, 0.4) is 0 Å². The molecule has 33 heavy (non-hydrogen) atoms. The number of benzene rings is 4. The van der Waals surface area contributed by atoms with Crippen LogP contribution in [0.1, 0.15) is 5.56 Å². The Kier molecular flexibility index (Phi) is 7.24. The molecule has 0 radical (unpaired) electrons. The minimum absolute atomic E-state index is 0.778. The van der Waals surface area contributed by atoms with E-state index in [1.807, 2.05) is 30.5 Å². The van der Waals surface area contributed by atoms with Crippen LogP contribution in [-0.4, -0.2) is 23.5 Å². The van der Waals surface area contributed by atoms with E-state index in [0.29, 0.717) is 0 Å². The van der Waals surface area contributed by atoms with Crippen molar-refractivity contribution < 1.29 is 9.90 Å². The summed E-state index contributed by atoms with van der Waals surface area (Å²) in [5.74, 6) is -0.966. The molecular formula is C29H25NO2P+. The second kappa shape index (κ2) is 10.7. The maximum atomic E-state index is 10.8. The first kappa shape index (κ1) is 22.4. The van der Waals surface area contributed by atoms with Crippen molar-refractivity contribution in [1.82, 2.24) is 0 Å². The van der Waals surface area contributed by atoms with Crippen LogP contribution in [0.2, 0.25) is 0 Å². The predicted octanol–water partition coefficient (Wildman–Crippen LogP) is 5.48. The van der Waals surface area contributed by atoms with Crippen LogP contribution in [0.4, 0.5) is 5.69 Å². The zero-order valence-corrected chi connectivity index (χ0v) is 19.1. The first-order valence-corrected chi connectivity index (χ1v) is 12.7. The first-order chi connectivity index (χ1) is 16.2. The van der Waals surface area contributed by atoms with Crippen LogP contribution < -0.4 is 15.9 Å². The van der Waals surface area contributed by atoms with Crippen molar-refractivity contribution in [3.05, 3.63) is 127 Å². The quantitative estimate of drug-likeness (QED) is 0.220. The van der Waals surface area contributed by atoms with Gasteiger partial charge in [-0.05, 0) is 60.2 Å². The van der Waals surface area contributed by atoms with E-state index in [-0.39, 0.29) is 0 Å². The molecule has 0 aliphatic heterocycles. The third-order valence-corrected chi connectivity index (χ3v) is 9.73. The van der Waals surface area contributed by atoms with Crippen LogP contribution in [0.15, 0.2) is 126 Å². The van der Waals surface area contributed by atoms with E-state index < -0.39 is 13.2 Å². The third-order valence-electron chi connectivity index (χ3n) is 5.48. The Morgan fingerprint density at radius 2 is 1.24 bits per heavy atom. The van der Waals surface area contributed by atoms with Crippen molar-refractivity contribution in [3.8, 4) is 0 Å². The Hall–Kier alpha value is -3.81. The molecule has 1 N–H and O–H groups in total. The molecule has 0 spiro atoms. The molecule has 4 aromatic carbocycles. The molecule has 0 aliphatic carbocycles. The highest BCUT2D eigenvalue weighted by molar-refractivity contribution is 7.96. The second-order valence-corrected chi connectivity index (χ2v) is 11.1. The van der Waals surface area contributed by atoms with Crippen LogP contribution >= 0.6 is 7.26 Å². The fraction of sp³-hybridized carbons (Fsp3) is 0.0345. The molecule has 0 saturated heterocycles. The number of carboxylic acids is 1. The fourth-order valence-electron chi connectivity index (χ4n) is 3.96. The standard InChI is InChI=1S/C29H24NO2P/c31-29(32)20-19-24-11-10-12-25(23-24)30-21-22-33(26-13-4-1-5-14-26,27-15-6-2-7-16-27)28-17-8-3-9-18-28/h1-21,23H,22H2/p+1/b20-19+,30-21?. The molecule has 0 saturated carbocycles. The van der Waals surface area contributed by atoms with Crippen LogP contribution in [-0.2, 0) is 4.79 Å². The topological polar surface area (TPSA) is 49.7 Å².